The lowest BCUT2D eigenvalue weighted by molar-refractivity contribution is -0.117. The van der Waals surface area contributed by atoms with E-state index in [1.165, 1.54) is 0 Å². The Morgan fingerprint density at radius 3 is 2.59 bits per heavy atom. The van der Waals surface area contributed by atoms with E-state index in [9.17, 15) is 4.79 Å². The molecular weight excluding hydrogens is 282 g/mol. The number of nitrogens with zero attached hydrogens (tertiary/aromatic N) is 3. The van der Waals surface area contributed by atoms with Gasteiger partial charge in [-0.3, -0.25) is 4.79 Å². The lowest BCUT2D eigenvalue weighted by Gasteiger charge is -2.38. The predicted molar refractivity (Wildman–Crippen MR) is 85.1 cm³/mol. The number of aromatic nitrogens is 2. The molecule has 22 heavy (non-hydrogen) atoms. The van der Waals surface area contributed by atoms with Gasteiger partial charge in [0.15, 0.2) is 11.6 Å². The zero-order valence-electron chi connectivity index (χ0n) is 13.5. The normalized spacial score (nSPS) is 28.1. The number of fused-ring (bicyclic) bond motifs is 1. The van der Waals surface area contributed by atoms with Crippen LogP contribution < -0.4 is 15.5 Å². The fourth-order valence-corrected chi connectivity index (χ4v) is 3.07. The monoisotopic (exact) mass is 305 g/mol. The Kier molecular flexibility index (Phi) is 3.90. The van der Waals surface area contributed by atoms with Gasteiger partial charge in [-0.2, -0.15) is 0 Å². The third-order valence-electron chi connectivity index (χ3n) is 4.04. The Morgan fingerprint density at radius 2 is 1.95 bits per heavy atom. The van der Waals surface area contributed by atoms with Crippen LogP contribution in [0.4, 0.5) is 17.3 Å². The molecular formula is C15H23N5O2. The Bertz CT molecular complexity index is 567. The minimum Gasteiger partial charge on any atom is -0.372 e. The van der Waals surface area contributed by atoms with Crippen LogP contribution in [0.5, 0.6) is 0 Å². The van der Waals surface area contributed by atoms with E-state index in [1.54, 1.807) is 6.33 Å². The molecule has 2 N–H and O–H groups in total. The van der Waals surface area contributed by atoms with Crippen LogP contribution in [0.2, 0.25) is 0 Å². The van der Waals surface area contributed by atoms with E-state index in [2.05, 4.69) is 25.5 Å². The van der Waals surface area contributed by atoms with Crippen LogP contribution in [0, 0.1) is 5.92 Å². The molecule has 2 aliphatic rings. The molecule has 1 saturated heterocycles. The molecule has 0 radical (unpaired) electrons. The van der Waals surface area contributed by atoms with Crippen LogP contribution >= 0.6 is 0 Å². The maximum atomic E-state index is 12.3. The number of rotatable bonds is 2. The summed E-state index contributed by atoms with van der Waals surface area (Å²) in [5.74, 6) is 1.60. The summed E-state index contributed by atoms with van der Waals surface area (Å²) in [6.07, 6.45) is 1.80. The first kappa shape index (κ1) is 15.0. The van der Waals surface area contributed by atoms with Crippen molar-refractivity contribution in [1.29, 1.82) is 0 Å². The predicted octanol–water partition coefficient (Wildman–Crippen LogP) is 1.48. The van der Waals surface area contributed by atoms with Crippen molar-refractivity contribution in [2.45, 2.75) is 45.9 Å². The number of hydrogen-bond acceptors (Lipinski definition) is 6. The van der Waals surface area contributed by atoms with Crippen LogP contribution in [0.1, 0.15) is 27.7 Å². The summed E-state index contributed by atoms with van der Waals surface area (Å²) in [6.45, 7) is 9.60. The molecule has 7 heteroatoms. The van der Waals surface area contributed by atoms with Crippen LogP contribution in [0.15, 0.2) is 6.33 Å². The van der Waals surface area contributed by atoms with Gasteiger partial charge in [-0.25, -0.2) is 9.97 Å². The molecule has 0 bridgehead atoms. The average molecular weight is 305 g/mol. The highest BCUT2D eigenvalue weighted by Crippen LogP contribution is 2.35. The van der Waals surface area contributed by atoms with Crippen LogP contribution in [-0.2, 0) is 9.53 Å². The van der Waals surface area contributed by atoms with Crippen molar-refractivity contribution in [3.8, 4) is 0 Å². The van der Waals surface area contributed by atoms with Crippen molar-refractivity contribution < 1.29 is 9.53 Å². The molecule has 7 nitrogen and oxygen atoms in total. The van der Waals surface area contributed by atoms with Gasteiger partial charge in [0.2, 0.25) is 5.91 Å². The minimum absolute atomic E-state index is 0.0343. The van der Waals surface area contributed by atoms with Gasteiger partial charge in [0.05, 0.1) is 12.2 Å². The number of carbonyl (C=O) groups is 1. The molecule has 0 aliphatic carbocycles. The molecule has 0 saturated carbocycles. The smallest absolute Gasteiger partial charge is 0.247 e. The summed E-state index contributed by atoms with van der Waals surface area (Å²) in [7, 11) is 0. The quantitative estimate of drug-likeness (QED) is 0.861. The van der Waals surface area contributed by atoms with Gasteiger partial charge in [-0.1, -0.05) is 13.8 Å². The number of morpholine rings is 1. The Balaban J connectivity index is 1.92. The highest BCUT2D eigenvalue weighted by molar-refractivity contribution is 6.05. The van der Waals surface area contributed by atoms with Crippen molar-refractivity contribution in [3.63, 3.8) is 0 Å². The second-order valence-corrected chi connectivity index (χ2v) is 6.44. The number of hydrogen-bond donors (Lipinski definition) is 2. The zero-order valence-corrected chi connectivity index (χ0v) is 13.5. The first-order valence-electron chi connectivity index (χ1n) is 7.78. The SMILES string of the molecule is CC1CN(c2ncnc3c2NC(=O)C(C(C)C)N3)CC(C)O1. The molecule has 3 atom stereocenters. The second kappa shape index (κ2) is 5.72. The molecule has 3 unspecified atom stereocenters. The summed E-state index contributed by atoms with van der Waals surface area (Å²) >= 11 is 0. The van der Waals surface area contributed by atoms with Crippen molar-refractivity contribution in [2.24, 2.45) is 5.92 Å². The van der Waals surface area contributed by atoms with Crippen molar-refractivity contribution in [3.05, 3.63) is 6.33 Å². The molecule has 0 spiro atoms. The van der Waals surface area contributed by atoms with Crippen molar-refractivity contribution in [2.75, 3.05) is 28.6 Å². The number of carbonyl (C=O) groups excluding carboxylic acids is 1. The van der Waals surface area contributed by atoms with Gasteiger partial charge in [0.1, 0.15) is 18.1 Å². The summed E-state index contributed by atoms with van der Waals surface area (Å²) in [6, 6.07) is -0.266. The molecule has 2 aliphatic heterocycles. The van der Waals surface area contributed by atoms with Gasteiger partial charge >= 0.3 is 0 Å². The minimum atomic E-state index is -0.266. The first-order valence-corrected chi connectivity index (χ1v) is 7.78. The number of nitrogens with one attached hydrogen (secondary N) is 2. The first-order chi connectivity index (χ1) is 10.5. The van der Waals surface area contributed by atoms with E-state index in [0.717, 1.165) is 18.9 Å². The lowest BCUT2D eigenvalue weighted by atomic mass is 10.0. The van der Waals surface area contributed by atoms with Crippen LogP contribution in [0.25, 0.3) is 0 Å². The molecule has 1 aromatic rings. The van der Waals surface area contributed by atoms with Gasteiger partial charge in [-0.05, 0) is 19.8 Å². The van der Waals surface area contributed by atoms with E-state index in [0.29, 0.717) is 11.5 Å². The van der Waals surface area contributed by atoms with E-state index in [4.69, 9.17) is 4.74 Å². The number of amides is 1. The summed E-state index contributed by atoms with van der Waals surface area (Å²) in [5, 5.41) is 6.20. The van der Waals surface area contributed by atoms with Gasteiger partial charge in [-0.15, -0.1) is 0 Å². The average Bonchev–Trinajstić information content (AvgIpc) is 2.44. The standard InChI is InChI=1S/C15H23N5O2/c1-8(2)11-15(21)19-12-13(18-11)16-7-17-14(12)20-5-9(3)22-10(4)6-20/h7-11H,5-6H2,1-4H3,(H,19,21)(H,16,17,18). The summed E-state index contributed by atoms with van der Waals surface area (Å²) < 4.78 is 5.76. The van der Waals surface area contributed by atoms with Crippen molar-refractivity contribution >= 4 is 23.2 Å². The summed E-state index contributed by atoms with van der Waals surface area (Å²) in [4.78, 5) is 23.1. The molecule has 1 amide bonds. The Hall–Kier alpha value is -1.89. The van der Waals surface area contributed by atoms with E-state index in [-0.39, 0.29) is 30.1 Å². The lowest BCUT2D eigenvalue weighted by Crippen LogP contribution is -2.47. The molecule has 1 aromatic heterocycles. The third kappa shape index (κ3) is 2.72. The molecule has 3 rings (SSSR count). The maximum absolute atomic E-state index is 12.3. The summed E-state index contributed by atoms with van der Waals surface area (Å²) in [5.41, 5.74) is 0.672. The maximum Gasteiger partial charge on any atom is 0.247 e. The van der Waals surface area contributed by atoms with Crippen LogP contribution in [-0.4, -0.2) is 47.2 Å². The molecule has 1 fully saturated rings. The van der Waals surface area contributed by atoms with Crippen molar-refractivity contribution in [1.82, 2.24) is 9.97 Å². The third-order valence-corrected chi connectivity index (χ3v) is 4.04. The van der Waals surface area contributed by atoms with Crippen LogP contribution in [0.3, 0.4) is 0 Å². The van der Waals surface area contributed by atoms with E-state index in [1.807, 2.05) is 27.7 Å². The fourth-order valence-electron chi connectivity index (χ4n) is 3.07. The Morgan fingerprint density at radius 1 is 1.27 bits per heavy atom. The van der Waals surface area contributed by atoms with E-state index < -0.39 is 0 Å². The second-order valence-electron chi connectivity index (χ2n) is 6.44. The van der Waals surface area contributed by atoms with Gasteiger partial charge in [0.25, 0.3) is 0 Å². The highest BCUT2D eigenvalue weighted by Gasteiger charge is 2.33. The largest absolute Gasteiger partial charge is 0.372 e. The molecule has 120 valence electrons. The van der Waals surface area contributed by atoms with Gasteiger partial charge < -0.3 is 20.3 Å². The molecule has 0 aromatic carbocycles. The topological polar surface area (TPSA) is 79.4 Å². The van der Waals surface area contributed by atoms with Gasteiger partial charge in [0, 0.05) is 13.1 Å². The van der Waals surface area contributed by atoms with E-state index >= 15 is 0 Å². The number of anilines is 3. The molecule has 3 heterocycles. The highest BCUT2D eigenvalue weighted by atomic mass is 16.5. The zero-order chi connectivity index (χ0) is 15.9. The number of ether oxygens (including phenoxy) is 1. The Labute approximate surface area is 130 Å². The fraction of sp³-hybridized carbons (Fsp3) is 0.667.